The number of carbonyl (C=O) groups is 4. The largest absolute Gasteiger partial charge is 0.378 e. The lowest BCUT2D eigenvalue weighted by molar-refractivity contribution is -0.136. The molecule has 3 rings (SSSR count). The Hall–Kier alpha value is -2.70. The van der Waals surface area contributed by atoms with Gasteiger partial charge in [0.25, 0.3) is 11.8 Å². The molecule has 11 nitrogen and oxygen atoms in total. The smallest absolute Gasteiger partial charge is 0.262 e. The molecule has 1 unspecified atom stereocenters. The number of ether oxygens (including phenoxy) is 3. The van der Waals surface area contributed by atoms with E-state index in [0.717, 1.165) is 10.5 Å². The maximum Gasteiger partial charge on any atom is 0.262 e. The van der Waals surface area contributed by atoms with Crippen molar-refractivity contribution < 1.29 is 33.4 Å². The molecule has 0 radical (unpaired) electrons. The van der Waals surface area contributed by atoms with E-state index in [1.807, 2.05) is 0 Å². The molecule has 2 aliphatic heterocycles. The molecule has 0 saturated carbocycles. The number of rotatable bonds is 14. The van der Waals surface area contributed by atoms with Crippen LogP contribution in [0, 0.1) is 0 Å². The van der Waals surface area contributed by atoms with Crippen molar-refractivity contribution in [3.63, 3.8) is 0 Å². The van der Waals surface area contributed by atoms with E-state index < -0.39 is 29.7 Å². The third kappa shape index (κ3) is 6.65. The van der Waals surface area contributed by atoms with Crippen LogP contribution in [0.1, 0.15) is 39.1 Å². The van der Waals surface area contributed by atoms with Gasteiger partial charge in [0.05, 0.1) is 50.8 Å². The second-order valence-electron chi connectivity index (χ2n) is 7.63. The summed E-state index contributed by atoms with van der Waals surface area (Å²) in [7, 11) is 0. The maximum atomic E-state index is 12.8. The number of hydrogen-bond acceptors (Lipinski definition) is 9. The number of piperidine rings is 1. The molecule has 1 saturated heterocycles. The Morgan fingerprint density at radius 2 is 1.61 bits per heavy atom. The minimum atomic E-state index is -0.962. The lowest BCUT2D eigenvalue weighted by Crippen LogP contribution is -2.54. The van der Waals surface area contributed by atoms with Crippen LogP contribution in [0.3, 0.4) is 0 Å². The summed E-state index contributed by atoms with van der Waals surface area (Å²) in [6, 6.07) is 4.07. The van der Waals surface area contributed by atoms with Gasteiger partial charge in [-0.25, -0.2) is 0 Å². The Bertz CT molecular complexity index is 876. The lowest BCUT2D eigenvalue weighted by atomic mass is 10.0. The summed E-state index contributed by atoms with van der Waals surface area (Å²) in [5.41, 5.74) is 6.69. The number of nitrogens with zero attached hydrogens (tertiary/aromatic N) is 1. The van der Waals surface area contributed by atoms with Gasteiger partial charge in [0.2, 0.25) is 11.8 Å². The minimum Gasteiger partial charge on any atom is -0.378 e. The Labute approximate surface area is 191 Å². The molecule has 4 N–H and O–H groups in total. The van der Waals surface area contributed by atoms with Crippen molar-refractivity contribution in [3.8, 4) is 0 Å². The first kappa shape index (κ1) is 24.9. The first-order valence-electron chi connectivity index (χ1n) is 11.0. The van der Waals surface area contributed by atoms with Crippen molar-refractivity contribution in [1.29, 1.82) is 0 Å². The summed E-state index contributed by atoms with van der Waals surface area (Å²) in [6.45, 7) is 4.59. The first-order valence-corrected chi connectivity index (χ1v) is 11.0. The van der Waals surface area contributed by atoms with Crippen molar-refractivity contribution in [2.45, 2.75) is 25.4 Å². The van der Waals surface area contributed by atoms with E-state index in [-0.39, 0.29) is 24.0 Å². The highest BCUT2D eigenvalue weighted by molar-refractivity contribution is 6.23. The van der Waals surface area contributed by atoms with Gasteiger partial charge in [-0.15, -0.1) is 0 Å². The molecule has 1 atom stereocenters. The van der Waals surface area contributed by atoms with Gasteiger partial charge in [-0.3, -0.25) is 29.4 Å². The van der Waals surface area contributed by atoms with Gasteiger partial charge >= 0.3 is 0 Å². The number of nitrogens with two attached hydrogens (primary N) is 1. The molecule has 1 fully saturated rings. The van der Waals surface area contributed by atoms with Crippen LogP contribution in [0.4, 0.5) is 0 Å². The number of amides is 4. The summed E-state index contributed by atoms with van der Waals surface area (Å²) < 4.78 is 16.1. The van der Waals surface area contributed by atoms with Crippen molar-refractivity contribution in [2.75, 3.05) is 52.7 Å². The van der Waals surface area contributed by atoms with E-state index >= 15 is 0 Å². The first-order chi connectivity index (χ1) is 16.0. The van der Waals surface area contributed by atoms with Crippen LogP contribution < -0.4 is 16.4 Å². The molecule has 0 aliphatic carbocycles. The van der Waals surface area contributed by atoms with E-state index in [2.05, 4.69) is 10.6 Å². The summed E-state index contributed by atoms with van der Waals surface area (Å²) in [5.74, 6) is -2.03. The van der Waals surface area contributed by atoms with E-state index in [1.54, 1.807) is 18.2 Å². The van der Waals surface area contributed by atoms with Crippen LogP contribution in [-0.2, 0) is 30.3 Å². The molecule has 33 heavy (non-hydrogen) atoms. The molecule has 2 heterocycles. The van der Waals surface area contributed by atoms with Gasteiger partial charge in [-0.2, -0.15) is 0 Å². The van der Waals surface area contributed by atoms with Crippen molar-refractivity contribution >= 4 is 23.6 Å². The average Bonchev–Trinajstić information content (AvgIpc) is 3.04. The number of hydrogen-bond donors (Lipinski definition) is 3. The van der Waals surface area contributed by atoms with Crippen LogP contribution in [0.25, 0.3) is 0 Å². The van der Waals surface area contributed by atoms with E-state index in [9.17, 15) is 19.2 Å². The highest BCUT2D eigenvalue weighted by Crippen LogP contribution is 2.28. The topological polar surface area (TPSA) is 149 Å². The SMILES string of the molecule is NCCOCCOCCOCCNCc1ccc2c(c1)C(=O)N(C1CCC(=O)NC1=O)C2=O. The van der Waals surface area contributed by atoms with Gasteiger partial charge in [-0.05, 0) is 24.1 Å². The van der Waals surface area contributed by atoms with Crippen molar-refractivity contribution in [3.05, 3.63) is 34.9 Å². The molecular weight excluding hydrogens is 432 g/mol. The van der Waals surface area contributed by atoms with Crippen molar-refractivity contribution in [2.24, 2.45) is 5.73 Å². The van der Waals surface area contributed by atoms with Gasteiger partial charge in [0, 0.05) is 26.1 Å². The third-order valence-corrected chi connectivity index (χ3v) is 5.26. The Morgan fingerprint density at radius 1 is 0.939 bits per heavy atom. The zero-order valence-corrected chi connectivity index (χ0v) is 18.5. The molecule has 1 aromatic rings. The third-order valence-electron chi connectivity index (χ3n) is 5.26. The molecule has 11 heteroatoms. The average molecular weight is 463 g/mol. The van der Waals surface area contributed by atoms with Crippen LogP contribution in [0.15, 0.2) is 18.2 Å². The number of nitrogens with one attached hydrogen (secondary N) is 2. The zero-order valence-electron chi connectivity index (χ0n) is 18.5. The summed E-state index contributed by atoms with van der Waals surface area (Å²) in [4.78, 5) is 50.0. The quantitative estimate of drug-likeness (QED) is 0.238. The molecule has 1 aromatic carbocycles. The fourth-order valence-corrected chi connectivity index (χ4v) is 3.63. The van der Waals surface area contributed by atoms with Crippen LogP contribution in [-0.4, -0.2) is 87.3 Å². The van der Waals surface area contributed by atoms with Crippen LogP contribution in [0.5, 0.6) is 0 Å². The highest BCUT2D eigenvalue weighted by Gasteiger charge is 2.44. The maximum absolute atomic E-state index is 12.8. The van der Waals surface area contributed by atoms with Gasteiger partial charge < -0.3 is 25.3 Å². The van der Waals surface area contributed by atoms with E-state index in [1.165, 1.54) is 0 Å². The van der Waals surface area contributed by atoms with Gasteiger partial charge in [-0.1, -0.05) is 6.07 Å². The molecule has 0 aromatic heterocycles. The normalized spacial score (nSPS) is 18.1. The molecule has 2 aliphatic rings. The predicted octanol–water partition coefficient (Wildman–Crippen LogP) is -0.814. The van der Waals surface area contributed by atoms with Gasteiger partial charge in [0.15, 0.2) is 0 Å². The number of fused-ring (bicyclic) bond motifs is 1. The van der Waals surface area contributed by atoms with E-state index in [0.29, 0.717) is 59.3 Å². The molecular formula is C22H30N4O7. The van der Waals surface area contributed by atoms with Crippen LogP contribution in [0.2, 0.25) is 0 Å². The monoisotopic (exact) mass is 462 g/mol. The zero-order chi connectivity index (χ0) is 23.6. The molecule has 4 amide bonds. The Morgan fingerprint density at radius 3 is 2.30 bits per heavy atom. The second-order valence-corrected chi connectivity index (χ2v) is 7.63. The number of imide groups is 2. The summed E-state index contributed by atoms with van der Waals surface area (Å²) in [5, 5.41) is 5.41. The number of carbonyl (C=O) groups excluding carboxylic acids is 4. The highest BCUT2D eigenvalue weighted by atomic mass is 16.5. The van der Waals surface area contributed by atoms with Crippen LogP contribution >= 0.6 is 0 Å². The lowest BCUT2D eigenvalue weighted by Gasteiger charge is -2.27. The Balaban J connectivity index is 1.38. The fourth-order valence-electron chi connectivity index (χ4n) is 3.63. The summed E-state index contributed by atoms with van der Waals surface area (Å²) >= 11 is 0. The minimum absolute atomic E-state index is 0.0936. The standard InChI is InChI=1S/C22H30N4O7/c23-5-7-31-9-11-33-12-10-32-8-6-24-14-15-1-2-16-17(13-15)22(30)26(21(16)29)18-3-4-19(27)25-20(18)28/h1-2,13,18,24H,3-12,14,23H2,(H,25,27,28). The van der Waals surface area contributed by atoms with Gasteiger partial charge in [0.1, 0.15) is 6.04 Å². The molecule has 0 spiro atoms. The van der Waals surface area contributed by atoms with Crippen molar-refractivity contribution in [1.82, 2.24) is 15.5 Å². The number of benzene rings is 1. The second kappa shape index (κ2) is 12.5. The molecule has 180 valence electrons. The molecule has 0 bridgehead atoms. The predicted molar refractivity (Wildman–Crippen MR) is 116 cm³/mol. The summed E-state index contributed by atoms with van der Waals surface area (Å²) in [6.07, 6.45) is 0.230. The van der Waals surface area contributed by atoms with E-state index in [4.69, 9.17) is 19.9 Å². The fraction of sp³-hybridized carbons (Fsp3) is 0.545. The Kier molecular flexibility index (Phi) is 9.46.